The number of fused-ring (bicyclic) bond motifs is 1. The van der Waals surface area contributed by atoms with Gasteiger partial charge in [0, 0.05) is 0 Å². The Bertz CT molecular complexity index is 384. The number of carbonyl (C=O) groups excluding carboxylic acids is 1. The van der Waals surface area contributed by atoms with Gasteiger partial charge < -0.3 is 10.5 Å². The van der Waals surface area contributed by atoms with E-state index in [1.165, 1.54) is 23.3 Å². The zero-order chi connectivity index (χ0) is 10.8. The lowest BCUT2D eigenvalue weighted by Crippen LogP contribution is -2.08. The molecule has 0 aliphatic heterocycles. The highest BCUT2D eigenvalue weighted by atomic mass is 32.1. The summed E-state index contributed by atoms with van der Waals surface area (Å²) < 4.78 is 5.02. The molecule has 1 aliphatic carbocycles. The minimum atomic E-state index is -0.211. The second-order valence-electron chi connectivity index (χ2n) is 3.68. The monoisotopic (exact) mass is 225 g/mol. The minimum Gasteiger partial charge on any atom is -0.462 e. The van der Waals surface area contributed by atoms with E-state index in [0.29, 0.717) is 6.61 Å². The predicted octanol–water partition coefficient (Wildman–Crippen LogP) is 2.39. The van der Waals surface area contributed by atoms with Crippen LogP contribution in [0.25, 0.3) is 0 Å². The molecule has 82 valence electrons. The van der Waals surface area contributed by atoms with Crippen LogP contribution in [0.4, 0.5) is 5.00 Å². The molecule has 2 N–H and O–H groups in total. The highest BCUT2D eigenvalue weighted by molar-refractivity contribution is 7.18. The van der Waals surface area contributed by atoms with Gasteiger partial charge in [-0.15, -0.1) is 11.3 Å². The Morgan fingerprint density at radius 3 is 2.73 bits per heavy atom. The first-order valence-electron chi connectivity index (χ1n) is 5.31. The summed E-state index contributed by atoms with van der Waals surface area (Å²) in [7, 11) is 0. The number of nitrogen functional groups attached to an aromatic ring is 1. The van der Waals surface area contributed by atoms with Crippen LogP contribution in [0.2, 0.25) is 0 Å². The van der Waals surface area contributed by atoms with Crippen LogP contribution in [0.15, 0.2) is 0 Å². The second-order valence-corrected chi connectivity index (χ2v) is 4.73. The van der Waals surface area contributed by atoms with Crippen LogP contribution in [-0.4, -0.2) is 12.6 Å². The summed E-state index contributed by atoms with van der Waals surface area (Å²) in [6, 6.07) is 0. The summed E-state index contributed by atoms with van der Waals surface area (Å²) in [6.45, 7) is 2.24. The average Bonchev–Trinajstić information content (AvgIpc) is 2.58. The number of esters is 1. The molecule has 0 atom stereocenters. The number of ether oxygens (including phenoxy) is 1. The van der Waals surface area contributed by atoms with Gasteiger partial charge in [0.2, 0.25) is 0 Å². The van der Waals surface area contributed by atoms with Gasteiger partial charge in [0.15, 0.2) is 0 Å². The molecule has 0 fully saturated rings. The highest BCUT2D eigenvalue weighted by Gasteiger charge is 2.24. The predicted molar refractivity (Wildman–Crippen MR) is 61.3 cm³/mol. The topological polar surface area (TPSA) is 52.3 Å². The van der Waals surface area contributed by atoms with E-state index in [4.69, 9.17) is 10.5 Å². The fourth-order valence-electron chi connectivity index (χ4n) is 2.02. The summed E-state index contributed by atoms with van der Waals surface area (Å²) in [5.41, 5.74) is 8.24. The molecule has 4 heteroatoms. The molecule has 1 aliphatic rings. The van der Waals surface area contributed by atoms with Crippen LogP contribution >= 0.6 is 11.3 Å². The van der Waals surface area contributed by atoms with Gasteiger partial charge in [0.1, 0.15) is 4.88 Å². The molecule has 1 aromatic heterocycles. The molecule has 0 saturated carbocycles. The molecule has 0 saturated heterocycles. The summed E-state index contributed by atoms with van der Waals surface area (Å²) in [6.07, 6.45) is 4.31. The Morgan fingerprint density at radius 1 is 1.40 bits per heavy atom. The van der Waals surface area contributed by atoms with Crippen molar-refractivity contribution in [3.63, 3.8) is 0 Å². The molecule has 3 nitrogen and oxygen atoms in total. The highest BCUT2D eigenvalue weighted by Crippen LogP contribution is 2.36. The van der Waals surface area contributed by atoms with Crippen LogP contribution in [0.1, 0.15) is 40.6 Å². The standard InChI is InChI=1S/C11H15NO2S/c1-2-14-11(13)9-7-5-3-4-6-8(7)10(12)15-9/h2-6,12H2,1H3. The Balaban J connectivity index is 2.35. The number of hydrogen-bond acceptors (Lipinski definition) is 4. The second kappa shape index (κ2) is 4.23. The SMILES string of the molecule is CCOC(=O)c1sc(N)c2c1CCCC2. The third kappa shape index (κ3) is 1.86. The van der Waals surface area contributed by atoms with Crippen molar-refractivity contribution in [2.24, 2.45) is 0 Å². The van der Waals surface area contributed by atoms with Gasteiger partial charge in [-0.05, 0) is 43.7 Å². The summed E-state index contributed by atoms with van der Waals surface area (Å²) >= 11 is 1.38. The van der Waals surface area contributed by atoms with Crippen molar-refractivity contribution < 1.29 is 9.53 Å². The van der Waals surface area contributed by atoms with E-state index < -0.39 is 0 Å². The van der Waals surface area contributed by atoms with Crippen LogP contribution < -0.4 is 5.73 Å². The van der Waals surface area contributed by atoms with E-state index in [2.05, 4.69) is 0 Å². The van der Waals surface area contributed by atoms with E-state index in [-0.39, 0.29) is 5.97 Å². The number of thiophene rings is 1. The van der Waals surface area contributed by atoms with Gasteiger partial charge in [-0.1, -0.05) is 0 Å². The zero-order valence-corrected chi connectivity index (χ0v) is 9.65. The summed E-state index contributed by atoms with van der Waals surface area (Å²) in [5, 5.41) is 0.799. The van der Waals surface area contributed by atoms with Crippen molar-refractivity contribution in [3.05, 3.63) is 16.0 Å². The molecule has 15 heavy (non-hydrogen) atoms. The normalized spacial score (nSPS) is 14.7. The van der Waals surface area contributed by atoms with E-state index in [1.54, 1.807) is 0 Å². The lowest BCUT2D eigenvalue weighted by molar-refractivity contribution is 0.0530. The first kappa shape index (κ1) is 10.5. The van der Waals surface area contributed by atoms with Crippen molar-refractivity contribution >= 4 is 22.3 Å². The van der Waals surface area contributed by atoms with Gasteiger partial charge in [0.05, 0.1) is 11.6 Å². The fourth-order valence-corrected chi connectivity index (χ4v) is 3.08. The molecule has 1 aromatic rings. The first-order valence-corrected chi connectivity index (χ1v) is 6.12. The van der Waals surface area contributed by atoms with E-state index in [1.807, 2.05) is 6.92 Å². The number of carbonyl (C=O) groups is 1. The quantitative estimate of drug-likeness (QED) is 0.786. The van der Waals surface area contributed by atoms with Gasteiger partial charge in [-0.3, -0.25) is 0 Å². The van der Waals surface area contributed by atoms with Crippen molar-refractivity contribution in [2.45, 2.75) is 32.6 Å². The van der Waals surface area contributed by atoms with E-state index in [9.17, 15) is 4.79 Å². The third-order valence-electron chi connectivity index (χ3n) is 2.71. The smallest absolute Gasteiger partial charge is 0.348 e. The van der Waals surface area contributed by atoms with Crippen molar-refractivity contribution in [3.8, 4) is 0 Å². The van der Waals surface area contributed by atoms with Crippen LogP contribution in [-0.2, 0) is 17.6 Å². The van der Waals surface area contributed by atoms with Crippen molar-refractivity contribution in [1.29, 1.82) is 0 Å². The maximum absolute atomic E-state index is 11.7. The number of hydrogen-bond donors (Lipinski definition) is 1. The molecule has 1 heterocycles. The van der Waals surface area contributed by atoms with E-state index >= 15 is 0 Å². The molecule has 0 unspecified atom stereocenters. The molecule has 0 radical (unpaired) electrons. The molecule has 0 aromatic carbocycles. The van der Waals surface area contributed by atoms with Crippen molar-refractivity contribution in [2.75, 3.05) is 12.3 Å². The molecule has 0 amide bonds. The van der Waals surface area contributed by atoms with Crippen LogP contribution in [0.5, 0.6) is 0 Å². The average molecular weight is 225 g/mol. The Morgan fingerprint density at radius 2 is 2.07 bits per heavy atom. The summed E-state index contributed by atoms with van der Waals surface area (Å²) in [5.74, 6) is -0.211. The van der Waals surface area contributed by atoms with Crippen LogP contribution in [0, 0.1) is 0 Å². The molecular formula is C11H15NO2S. The Hall–Kier alpha value is -1.03. The molecular weight excluding hydrogens is 210 g/mol. The maximum Gasteiger partial charge on any atom is 0.348 e. The van der Waals surface area contributed by atoms with Gasteiger partial charge in [-0.25, -0.2) is 4.79 Å². The van der Waals surface area contributed by atoms with Gasteiger partial charge >= 0.3 is 5.97 Å². The minimum absolute atomic E-state index is 0.211. The zero-order valence-electron chi connectivity index (χ0n) is 8.84. The fraction of sp³-hybridized carbons (Fsp3) is 0.545. The third-order valence-corrected chi connectivity index (χ3v) is 3.80. The maximum atomic E-state index is 11.7. The van der Waals surface area contributed by atoms with E-state index in [0.717, 1.165) is 34.7 Å². The lowest BCUT2D eigenvalue weighted by atomic mass is 9.93. The largest absolute Gasteiger partial charge is 0.462 e. The molecule has 0 bridgehead atoms. The number of anilines is 1. The van der Waals surface area contributed by atoms with Crippen LogP contribution in [0.3, 0.4) is 0 Å². The van der Waals surface area contributed by atoms with Crippen molar-refractivity contribution in [1.82, 2.24) is 0 Å². The first-order chi connectivity index (χ1) is 7.24. The number of rotatable bonds is 2. The molecule has 0 spiro atoms. The van der Waals surface area contributed by atoms with Gasteiger partial charge in [0.25, 0.3) is 0 Å². The lowest BCUT2D eigenvalue weighted by Gasteiger charge is -2.12. The van der Waals surface area contributed by atoms with Gasteiger partial charge in [-0.2, -0.15) is 0 Å². The molecule has 2 rings (SSSR count). The Labute approximate surface area is 93.2 Å². The Kier molecular flexibility index (Phi) is 2.95. The number of nitrogens with two attached hydrogens (primary N) is 1. The summed E-state index contributed by atoms with van der Waals surface area (Å²) in [4.78, 5) is 12.4.